The number of aromatic nitrogens is 1. The molecule has 0 fully saturated rings. The van der Waals surface area contributed by atoms with E-state index in [1.54, 1.807) is 4.90 Å². The quantitative estimate of drug-likeness (QED) is 0.801. The largest absolute Gasteiger partial charge is 0.468 e. The van der Waals surface area contributed by atoms with Crippen LogP contribution in [0.15, 0.2) is 34.1 Å². The first-order chi connectivity index (χ1) is 9.10. The van der Waals surface area contributed by atoms with Crippen LogP contribution >= 0.6 is 27.3 Å². The molecule has 0 N–H and O–H groups in total. The van der Waals surface area contributed by atoms with E-state index in [-0.39, 0.29) is 12.5 Å². The van der Waals surface area contributed by atoms with E-state index in [9.17, 15) is 4.79 Å². The minimum atomic E-state index is -0.275. The molecule has 19 heavy (non-hydrogen) atoms. The van der Waals surface area contributed by atoms with E-state index in [1.165, 1.54) is 18.4 Å². The second-order valence-corrected chi connectivity index (χ2v) is 5.71. The van der Waals surface area contributed by atoms with E-state index in [4.69, 9.17) is 0 Å². The summed E-state index contributed by atoms with van der Waals surface area (Å²) in [5, 5.41) is 2.77. The smallest absolute Gasteiger partial charge is 0.325 e. The average Bonchev–Trinajstić information content (AvgIpc) is 2.89. The normalized spacial score (nSPS) is 10.3. The van der Waals surface area contributed by atoms with Gasteiger partial charge >= 0.3 is 5.97 Å². The molecule has 1 aromatic carbocycles. The van der Waals surface area contributed by atoms with Gasteiger partial charge in [0.1, 0.15) is 6.54 Å². The highest BCUT2D eigenvalue weighted by atomic mass is 79.9. The number of hydrogen-bond acceptors (Lipinski definition) is 5. The molecule has 0 unspecified atom stereocenters. The van der Waals surface area contributed by atoms with Crippen molar-refractivity contribution in [1.82, 2.24) is 4.98 Å². The molecular formula is C13H13BrN2O2S. The number of methoxy groups -OCH3 is 1. The molecule has 0 spiro atoms. The minimum Gasteiger partial charge on any atom is -0.468 e. The molecule has 0 aliphatic carbocycles. The maximum atomic E-state index is 11.2. The third-order valence-electron chi connectivity index (χ3n) is 2.55. The molecule has 6 heteroatoms. The van der Waals surface area contributed by atoms with Crippen molar-refractivity contribution in [3.05, 3.63) is 34.1 Å². The predicted molar refractivity (Wildman–Crippen MR) is 80.5 cm³/mol. The van der Waals surface area contributed by atoms with Crippen molar-refractivity contribution in [1.29, 1.82) is 0 Å². The van der Waals surface area contributed by atoms with Crippen LogP contribution in [0.5, 0.6) is 0 Å². The zero-order chi connectivity index (χ0) is 13.8. The SMILES string of the molecule is COC(=O)CN(C)c1nc(-c2ccc(Br)cc2)cs1. The fraction of sp³-hybridized carbons (Fsp3) is 0.231. The molecule has 0 radical (unpaired) electrons. The van der Waals surface area contributed by atoms with Crippen LogP contribution in [0.1, 0.15) is 0 Å². The summed E-state index contributed by atoms with van der Waals surface area (Å²) in [6.45, 7) is 0.198. The lowest BCUT2D eigenvalue weighted by Crippen LogP contribution is -2.26. The summed E-state index contributed by atoms with van der Waals surface area (Å²) in [4.78, 5) is 17.5. The second-order valence-electron chi connectivity index (χ2n) is 3.95. The van der Waals surface area contributed by atoms with Crippen LogP contribution in [-0.4, -0.2) is 31.7 Å². The van der Waals surface area contributed by atoms with Crippen molar-refractivity contribution in [2.75, 3.05) is 25.6 Å². The number of rotatable bonds is 4. The van der Waals surface area contributed by atoms with Crippen molar-refractivity contribution in [3.8, 4) is 11.3 Å². The lowest BCUT2D eigenvalue weighted by atomic mass is 10.2. The summed E-state index contributed by atoms with van der Waals surface area (Å²) < 4.78 is 5.67. The van der Waals surface area contributed by atoms with Crippen LogP contribution < -0.4 is 4.90 Å². The van der Waals surface area contributed by atoms with E-state index in [2.05, 4.69) is 25.7 Å². The monoisotopic (exact) mass is 340 g/mol. The van der Waals surface area contributed by atoms with Gasteiger partial charge in [0.25, 0.3) is 0 Å². The molecule has 2 rings (SSSR count). The first kappa shape index (κ1) is 14.0. The molecule has 0 bridgehead atoms. The van der Waals surface area contributed by atoms with Gasteiger partial charge in [-0.1, -0.05) is 28.1 Å². The predicted octanol–water partition coefficient (Wildman–Crippen LogP) is 3.18. The number of likely N-dealkylation sites (N-methyl/N-ethyl adjacent to an activating group) is 1. The Labute approximate surface area is 124 Å². The van der Waals surface area contributed by atoms with Crippen LogP contribution in [0.2, 0.25) is 0 Å². The molecule has 0 saturated carbocycles. The highest BCUT2D eigenvalue weighted by Crippen LogP contribution is 2.27. The van der Waals surface area contributed by atoms with Crippen LogP contribution in [-0.2, 0) is 9.53 Å². The highest BCUT2D eigenvalue weighted by Gasteiger charge is 2.12. The van der Waals surface area contributed by atoms with Gasteiger partial charge in [0, 0.05) is 22.5 Å². The van der Waals surface area contributed by atoms with E-state index >= 15 is 0 Å². The Morgan fingerprint density at radius 3 is 2.74 bits per heavy atom. The van der Waals surface area contributed by atoms with Gasteiger partial charge in [0.15, 0.2) is 5.13 Å². The van der Waals surface area contributed by atoms with Crippen molar-refractivity contribution in [2.24, 2.45) is 0 Å². The minimum absolute atomic E-state index is 0.198. The summed E-state index contributed by atoms with van der Waals surface area (Å²) >= 11 is 4.91. The number of nitrogens with zero attached hydrogens (tertiary/aromatic N) is 2. The zero-order valence-corrected chi connectivity index (χ0v) is 13.0. The van der Waals surface area contributed by atoms with Gasteiger partial charge in [-0.15, -0.1) is 11.3 Å². The summed E-state index contributed by atoms with van der Waals surface area (Å²) in [5.41, 5.74) is 1.96. The van der Waals surface area contributed by atoms with Gasteiger partial charge in [0.05, 0.1) is 12.8 Å². The molecule has 0 aliphatic heterocycles. The molecule has 0 aliphatic rings. The first-order valence-electron chi connectivity index (χ1n) is 5.59. The fourth-order valence-corrected chi connectivity index (χ4v) is 2.58. The van der Waals surface area contributed by atoms with Crippen molar-refractivity contribution in [2.45, 2.75) is 0 Å². The Kier molecular flexibility index (Phi) is 4.55. The molecule has 4 nitrogen and oxygen atoms in total. The third-order valence-corrected chi connectivity index (χ3v) is 4.04. The number of benzene rings is 1. The summed E-state index contributed by atoms with van der Waals surface area (Å²) in [6.07, 6.45) is 0. The number of carbonyl (C=O) groups is 1. The van der Waals surface area contributed by atoms with Gasteiger partial charge in [-0.3, -0.25) is 4.79 Å². The number of anilines is 1. The van der Waals surface area contributed by atoms with E-state index in [0.29, 0.717) is 0 Å². The van der Waals surface area contributed by atoms with E-state index in [0.717, 1.165) is 20.9 Å². The van der Waals surface area contributed by atoms with Crippen LogP contribution in [0.3, 0.4) is 0 Å². The molecule has 0 atom stereocenters. The molecule has 2 aromatic rings. The van der Waals surface area contributed by atoms with Crippen molar-refractivity contribution < 1.29 is 9.53 Å². The summed E-state index contributed by atoms with van der Waals surface area (Å²) in [7, 11) is 3.20. The lowest BCUT2D eigenvalue weighted by molar-refractivity contribution is -0.138. The summed E-state index contributed by atoms with van der Waals surface area (Å²) in [5.74, 6) is -0.275. The van der Waals surface area contributed by atoms with E-state index < -0.39 is 0 Å². The highest BCUT2D eigenvalue weighted by molar-refractivity contribution is 9.10. The van der Waals surface area contributed by atoms with E-state index in [1.807, 2.05) is 36.7 Å². The number of thiazole rings is 1. The van der Waals surface area contributed by atoms with Crippen LogP contribution in [0.4, 0.5) is 5.13 Å². The molecule has 1 aromatic heterocycles. The van der Waals surface area contributed by atoms with Gasteiger partial charge in [-0.05, 0) is 12.1 Å². The van der Waals surface area contributed by atoms with Gasteiger partial charge in [-0.2, -0.15) is 0 Å². The van der Waals surface area contributed by atoms with Crippen molar-refractivity contribution >= 4 is 38.4 Å². The Balaban J connectivity index is 2.14. The topological polar surface area (TPSA) is 42.4 Å². The zero-order valence-electron chi connectivity index (χ0n) is 10.6. The van der Waals surface area contributed by atoms with Crippen LogP contribution in [0, 0.1) is 0 Å². The van der Waals surface area contributed by atoms with Crippen LogP contribution in [0.25, 0.3) is 11.3 Å². The standard InChI is InChI=1S/C13H13BrN2O2S/c1-16(7-12(17)18-2)13-15-11(8-19-13)9-3-5-10(14)6-4-9/h3-6,8H,7H2,1-2H3. The molecule has 100 valence electrons. The number of ether oxygens (including phenoxy) is 1. The number of carbonyl (C=O) groups excluding carboxylic acids is 1. The maximum absolute atomic E-state index is 11.2. The maximum Gasteiger partial charge on any atom is 0.325 e. The van der Waals surface area contributed by atoms with Gasteiger partial charge in [0.2, 0.25) is 0 Å². The molecule has 0 amide bonds. The van der Waals surface area contributed by atoms with Gasteiger partial charge in [-0.25, -0.2) is 4.98 Å². The number of hydrogen-bond donors (Lipinski definition) is 0. The Morgan fingerprint density at radius 2 is 2.11 bits per heavy atom. The Morgan fingerprint density at radius 1 is 1.42 bits per heavy atom. The Hall–Kier alpha value is -1.40. The lowest BCUT2D eigenvalue weighted by Gasteiger charge is -2.13. The molecule has 0 saturated heterocycles. The Bertz CT molecular complexity index is 568. The first-order valence-corrected chi connectivity index (χ1v) is 7.27. The fourth-order valence-electron chi connectivity index (χ4n) is 1.52. The molecular weight excluding hydrogens is 328 g/mol. The third kappa shape index (κ3) is 3.54. The number of halogens is 1. The number of esters is 1. The van der Waals surface area contributed by atoms with Crippen molar-refractivity contribution in [3.63, 3.8) is 0 Å². The summed E-state index contributed by atoms with van der Waals surface area (Å²) in [6, 6.07) is 7.96. The molecule has 1 heterocycles. The average molecular weight is 341 g/mol. The van der Waals surface area contributed by atoms with Gasteiger partial charge < -0.3 is 9.64 Å². The second kappa shape index (κ2) is 6.16.